The molecule has 0 bridgehead atoms. The number of hydrogen-bond donors (Lipinski definition) is 1. The van der Waals surface area contributed by atoms with E-state index in [0.29, 0.717) is 11.1 Å². The van der Waals surface area contributed by atoms with Crippen LogP contribution in [0.3, 0.4) is 0 Å². The average molecular weight is 143 g/mol. The Labute approximate surface area is 62.8 Å². The van der Waals surface area contributed by atoms with Crippen LogP contribution in [0.4, 0.5) is 0 Å². The monoisotopic (exact) mass is 143 g/mol. The Bertz CT molecular complexity index is 114. The van der Waals surface area contributed by atoms with Crippen molar-refractivity contribution in [3.8, 4) is 0 Å². The fourth-order valence-electron chi connectivity index (χ4n) is 1.48. The molecule has 0 amide bonds. The lowest BCUT2D eigenvalue weighted by molar-refractivity contribution is -0.884. The van der Waals surface area contributed by atoms with Gasteiger partial charge in [-0.3, -0.25) is 0 Å². The third-order valence-corrected chi connectivity index (χ3v) is 2.38. The lowest BCUT2D eigenvalue weighted by Crippen LogP contribution is -3.12. The van der Waals surface area contributed by atoms with Crippen LogP contribution in [0.25, 0.3) is 0 Å². The van der Waals surface area contributed by atoms with Crippen molar-refractivity contribution in [1.82, 2.24) is 0 Å². The molecule has 1 rings (SSSR count). The molecule has 0 aromatic rings. The maximum absolute atomic E-state index is 11.3. The second-order valence-corrected chi connectivity index (χ2v) is 3.57. The Morgan fingerprint density at radius 2 is 2.20 bits per heavy atom. The van der Waals surface area contributed by atoms with E-state index in [-0.39, 0.29) is 6.04 Å². The minimum Gasteiger partial charge on any atom is -0.634 e. The largest absolute Gasteiger partial charge is 0.634 e. The van der Waals surface area contributed by atoms with Gasteiger partial charge < -0.3 is 10.3 Å². The van der Waals surface area contributed by atoms with Crippen molar-refractivity contribution in [1.29, 1.82) is 0 Å². The number of hydroxylamine groups is 2. The van der Waals surface area contributed by atoms with E-state index in [1.807, 2.05) is 13.8 Å². The van der Waals surface area contributed by atoms with E-state index >= 15 is 0 Å². The topological polar surface area (TPSA) is 27.5 Å². The molecule has 0 aliphatic heterocycles. The van der Waals surface area contributed by atoms with E-state index in [0.717, 1.165) is 12.3 Å². The molecule has 1 N–H and O–H groups in total. The Kier molecular flexibility index (Phi) is 2.32. The first-order valence-electron chi connectivity index (χ1n) is 4.20. The highest BCUT2D eigenvalue weighted by Crippen LogP contribution is 2.30. The van der Waals surface area contributed by atoms with E-state index in [1.54, 1.807) is 0 Å². The summed E-state index contributed by atoms with van der Waals surface area (Å²) in [7, 11) is 0. The van der Waals surface area contributed by atoms with Gasteiger partial charge in [0.1, 0.15) is 0 Å². The van der Waals surface area contributed by atoms with Crippen molar-refractivity contribution in [2.24, 2.45) is 5.92 Å². The molecule has 3 atom stereocenters. The van der Waals surface area contributed by atoms with Gasteiger partial charge in [-0.15, -0.1) is 0 Å². The zero-order valence-electron chi connectivity index (χ0n) is 7.05. The second kappa shape index (κ2) is 2.89. The molecule has 1 fully saturated rings. The molecule has 2 heteroatoms. The van der Waals surface area contributed by atoms with Gasteiger partial charge in [0.05, 0.1) is 12.1 Å². The zero-order chi connectivity index (χ0) is 7.72. The predicted molar refractivity (Wildman–Crippen MR) is 41.7 cm³/mol. The highest BCUT2D eigenvalue weighted by molar-refractivity contribution is 4.85. The number of rotatable bonds is 3. The van der Waals surface area contributed by atoms with Crippen LogP contribution in [0.1, 0.15) is 33.6 Å². The summed E-state index contributed by atoms with van der Waals surface area (Å²) < 4.78 is 0. The molecule has 0 spiro atoms. The van der Waals surface area contributed by atoms with Gasteiger partial charge >= 0.3 is 0 Å². The van der Waals surface area contributed by atoms with Crippen molar-refractivity contribution in [2.45, 2.75) is 45.7 Å². The molecule has 0 radical (unpaired) electrons. The third kappa shape index (κ3) is 1.50. The van der Waals surface area contributed by atoms with Crippen LogP contribution in [0.2, 0.25) is 0 Å². The first-order chi connectivity index (χ1) is 4.66. The van der Waals surface area contributed by atoms with Gasteiger partial charge in [-0.1, -0.05) is 6.92 Å². The van der Waals surface area contributed by atoms with E-state index in [4.69, 9.17) is 0 Å². The molecular weight excluding hydrogens is 126 g/mol. The van der Waals surface area contributed by atoms with Crippen LogP contribution in [-0.2, 0) is 0 Å². The summed E-state index contributed by atoms with van der Waals surface area (Å²) in [6.07, 6.45) is 2.34. The summed E-state index contributed by atoms with van der Waals surface area (Å²) in [6, 6.07) is 0.687. The summed E-state index contributed by atoms with van der Waals surface area (Å²) in [4.78, 5) is 0. The van der Waals surface area contributed by atoms with Gasteiger partial charge in [-0.25, -0.2) is 0 Å². The molecule has 0 aromatic heterocycles. The Hall–Kier alpha value is -0.0800. The van der Waals surface area contributed by atoms with Gasteiger partial charge in [0.15, 0.2) is 0 Å². The smallest absolute Gasteiger partial charge is 0.0909 e. The molecule has 10 heavy (non-hydrogen) atoms. The fraction of sp³-hybridized carbons (Fsp3) is 1.00. The van der Waals surface area contributed by atoms with E-state index < -0.39 is 0 Å². The first kappa shape index (κ1) is 8.02. The van der Waals surface area contributed by atoms with E-state index in [9.17, 15) is 5.21 Å². The van der Waals surface area contributed by atoms with Gasteiger partial charge in [-0.05, 0) is 20.3 Å². The molecule has 60 valence electrons. The average Bonchev–Trinajstić information content (AvgIpc) is 2.64. The van der Waals surface area contributed by atoms with Gasteiger partial charge in [-0.2, -0.15) is 0 Å². The molecule has 0 saturated heterocycles. The standard InChI is InChI=1S/C8H17NO/c1-4-7-5-8(7)9(10)6(2)3/h6-9H,4-5H2,1-3H3. The SMILES string of the molecule is CCC1CC1[NH+]([O-])C(C)C. The lowest BCUT2D eigenvalue weighted by atomic mass is 10.3. The third-order valence-electron chi connectivity index (χ3n) is 2.38. The molecule has 2 nitrogen and oxygen atoms in total. The van der Waals surface area contributed by atoms with Crippen LogP contribution < -0.4 is 5.06 Å². The summed E-state index contributed by atoms with van der Waals surface area (Å²) in [5.74, 6) is 0.731. The minimum absolute atomic E-state index is 0.251. The minimum atomic E-state index is 0.251. The van der Waals surface area contributed by atoms with Crippen molar-refractivity contribution in [3.05, 3.63) is 5.21 Å². The zero-order valence-corrected chi connectivity index (χ0v) is 7.05. The summed E-state index contributed by atoms with van der Waals surface area (Å²) in [5.41, 5.74) is 0. The maximum Gasteiger partial charge on any atom is 0.0909 e. The normalized spacial score (nSPS) is 34.5. The van der Waals surface area contributed by atoms with Gasteiger partial charge in [0.2, 0.25) is 0 Å². The van der Waals surface area contributed by atoms with Crippen molar-refractivity contribution in [3.63, 3.8) is 0 Å². The van der Waals surface area contributed by atoms with Crippen molar-refractivity contribution >= 4 is 0 Å². The van der Waals surface area contributed by atoms with Crippen LogP contribution in [0.5, 0.6) is 0 Å². The predicted octanol–water partition coefficient (Wildman–Crippen LogP) is 0.576. The highest BCUT2D eigenvalue weighted by Gasteiger charge is 2.41. The molecule has 3 unspecified atom stereocenters. The van der Waals surface area contributed by atoms with E-state index in [1.165, 1.54) is 6.42 Å². The molecule has 1 aliphatic carbocycles. The maximum atomic E-state index is 11.3. The highest BCUT2D eigenvalue weighted by atomic mass is 16.5. The quantitative estimate of drug-likeness (QED) is 0.575. The van der Waals surface area contributed by atoms with Gasteiger partial charge in [0, 0.05) is 12.3 Å². The second-order valence-electron chi connectivity index (χ2n) is 3.57. The van der Waals surface area contributed by atoms with Crippen LogP contribution >= 0.6 is 0 Å². The van der Waals surface area contributed by atoms with Crippen LogP contribution in [0, 0.1) is 11.1 Å². The van der Waals surface area contributed by atoms with Crippen LogP contribution in [-0.4, -0.2) is 12.1 Å². The number of nitrogens with one attached hydrogen (secondary N) is 1. The van der Waals surface area contributed by atoms with Gasteiger partial charge in [0.25, 0.3) is 0 Å². The Morgan fingerprint density at radius 3 is 2.50 bits per heavy atom. The van der Waals surface area contributed by atoms with Crippen LogP contribution in [0.15, 0.2) is 0 Å². The number of quaternary nitrogens is 1. The van der Waals surface area contributed by atoms with Crippen molar-refractivity contribution < 1.29 is 5.06 Å². The van der Waals surface area contributed by atoms with E-state index in [2.05, 4.69) is 6.92 Å². The molecular formula is C8H17NO. The Balaban J connectivity index is 2.25. The molecule has 0 aromatic carbocycles. The Morgan fingerprint density at radius 1 is 1.60 bits per heavy atom. The summed E-state index contributed by atoms with van der Waals surface area (Å²) in [5, 5.41) is 11.8. The summed E-state index contributed by atoms with van der Waals surface area (Å²) in [6.45, 7) is 6.15. The molecule has 0 heterocycles. The van der Waals surface area contributed by atoms with Crippen molar-refractivity contribution in [2.75, 3.05) is 0 Å². The molecule has 1 aliphatic rings. The fourth-order valence-corrected chi connectivity index (χ4v) is 1.48. The number of hydrogen-bond acceptors (Lipinski definition) is 1. The first-order valence-corrected chi connectivity index (χ1v) is 4.20. The lowest BCUT2D eigenvalue weighted by Gasteiger charge is -2.26. The molecule has 1 saturated carbocycles. The summed E-state index contributed by atoms with van der Waals surface area (Å²) >= 11 is 0.